The Morgan fingerprint density at radius 3 is 2.42 bits per heavy atom. The molecule has 0 radical (unpaired) electrons. The van der Waals surface area contributed by atoms with E-state index in [-0.39, 0.29) is 5.97 Å². The Balaban J connectivity index is 2.11. The van der Waals surface area contributed by atoms with Crippen LogP contribution < -0.4 is 5.73 Å². The van der Waals surface area contributed by atoms with Gasteiger partial charge in [0, 0.05) is 31.4 Å². The van der Waals surface area contributed by atoms with Crippen LogP contribution in [-0.4, -0.2) is 42.6 Å². The Labute approximate surface area is 184 Å². The summed E-state index contributed by atoms with van der Waals surface area (Å²) in [6.07, 6.45) is 4.06. The highest BCUT2D eigenvalue weighted by Gasteiger charge is 2.19. The molecule has 0 aliphatic carbocycles. The molecule has 0 atom stereocenters. The van der Waals surface area contributed by atoms with E-state index in [2.05, 4.69) is 21.8 Å². The van der Waals surface area contributed by atoms with Crippen molar-refractivity contribution < 1.29 is 19.1 Å². The number of nitrogens with zero attached hydrogens (tertiary/aromatic N) is 1. The Morgan fingerprint density at radius 2 is 1.81 bits per heavy atom. The molecule has 2 aromatic carbocycles. The molecule has 0 amide bonds. The third kappa shape index (κ3) is 8.64. The summed E-state index contributed by atoms with van der Waals surface area (Å²) in [5.74, 6) is -0.781. The molecular weight excluding hydrogens is 392 g/mol. The van der Waals surface area contributed by atoms with E-state index < -0.39 is 11.6 Å². The largest absolute Gasteiger partial charge is 0.466 e. The number of hydrogen-bond acceptors (Lipinski definition) is 6. The van der Waals surface area contributed by atoms with Crippen LogP contribution in [0.25, 0.3) is 0 Å². The van der Waals surface area contributed by atoms with Crippen LogP contribution in [0.3, 0.4) is 0 Å². The molecule has 0 fully saturated rings. The lowest BCUT2D eigenvalue weighted by atomic mass is 10.1. The van der Waals surface area contributed by atoms with Crippen LogP contribution in [0.5, 0.6) is 0 Å². The fourth-order valence-corrected chi connectivity index (χ4v) is 2.98. The van der Waals surface area contributed by atoms with Crippen LogP contribution in [0.15, 0.2) is 60.7 Å². The van der Waals surface area contributed by atoms with Gasteiger partial charge in [0.15, 0.2) is 0 Å². The zero-order valence-electron chi connectivity index (χ0n) is 18.8. The minimum atomic E-state index is -0.565. The van der Waals surface area contributed by atoms with Crippen molar-refractivity contribution in [1.29, 1.82) is 0 Å². The Morgan fingerprint density at radius 1 is 1.10 bits per heavy atom. The highest BCUT2D eigenvalue weighted by atomic mass is 16.6. The van der Waals surface area contributed by atoms with E-state index in [1.54, 1.807) is 18.2 Å². The van der Waals surface area contributed by atoms with Crippen molar-refractivity contribution in [2.24, 2.45) is 0 Å². The zero-order chi connectivity index (χ0) is 22.9. The summed E-state index contributed by atoms with van der Waals surface area (Å²) in [6.45, 7) is 7.41. The zero-order valence-corrected chi connectivity index (χ0v) is 18.8. The molecular formula is C25H32N2O4. The number of ether oxygens (including phenoxy) is 2. The number of anilines is 1. The summed E-state index contributed by atoms with van der Waals surface area (Å²) in [6, 6.07) is 15.5. The second kappa shape index (κ2) is 11.3. The smallest absolute Gasteiger partial charge is 0.338 e. The van der Waals surface area contributed by atoms with Gasteiger partial charge in [-0.05, 0) is 50.5 Å². The first kappa shape index (κ1) is 24.2. The van der Waals surface area contributed by atoms with Gasteiger partial charge in [-0.2, -0.15) is 0 Å². The lowest BCUT2D eigenvalue weighted by Crippen LogP contribution is -2.27. The van der Waals surface area contributed by atoms with Crippen molar-refractivity contribution in [2.75, 3.05) is 25.9 Å². The van der Waals surface area contributed by atoms with Crippen molar-refractivity contribution in [1.82, 2.24) is 4.90 Å². The predicted octanol–water partition coefficient (Wildman–Crippen LogP) is 4.00. The first-order valence-electron chi connectivity index (χ1n) is 10.3. The number of rotatable bonds is 9. The Kier molecular flexibility index (Phi) is 8.82. The number of benzene rings is 2. The first-order chi connectivity index (χ1) is 14.7. The molecule has 0 saturated heterocycles. The summed E-state index contributed by atoms with van der Waals surface area (Å²) < 4.78 is 10.1. The maximum Gasteiger partial charge on any atom is 0.338 e. The molecule has 6 nitrogen and oxygen atoms in total. The third-order valence-corrected chi connectivity index (χ3v) is 4.55. The molecule has 0 saturated carbocycles. The monoisotopic (exact) mass is 424 g/mol. The van der Waals surface area contributed by atoms with E-state index in [4.69, 9.17) is 10.5 Å². The van der Waals surface area contributed by atoms with Crippen molar-refractivity contribution in [3.63, 3.8) is 0 Å². The molecule has 0 aliphatic rings. The summed E-state index contributed by atoms with van der Waals surface area (Å²) in [7, 11) is 1.35. The molecule has 0 spiro atoms. The molecule has 2 N–H and O–H groups in total. The van der Waals surface area contributed by atoms with Gasteiger partial charge in [0.1, 0.15) is 5.60 Å². The van der Waals surface area contributed by atoms with Gasteiger partial charge in [-0.15, -0.1) is 0 Å². The van der Waals surface area contributed by atoms with Crippen LogP contribution >= 0.6 is 0 Å². The number of esters is 2. The van der Waals surface area contributed by atoms with Gasteiger partial charge in [0.05, 0.1) is 12.7 Å². The van der Waals surface area contributed by atoms with Gasteiger partial charge in [0.2, 0.25) is 0 Å². The molecule has 6 heteroatoms. The topological polar surface area (TPSA) is 81.9 Å². The minimum absolute atomic E-state index is 0.385. The highest BCUT2D eigenvalue weighted by molar-refractivity contribution is 5.91. The number of hydrogen-bond donors (Lipinski definition) is 1. The van der Waals surface area contributed by atoms with E-state index in [9.17, 15) is 9.59 Å². The quantitative estimate of drug-likeness (QED) is 0.372. The van der Waals surface area contributed by atoms with E-state index >= 15 is 0 Å². The van der Waals surface area contributed by atoms with Crippen LogP contribution in [-0.2, 0) is 27.2 Å². The molecule has 0 heterocycles. The Bertz CT molecular complexity index is 901. The summed E-state index contributed by atoms with van der Waals surface area (Å²) in [5, 5.41) is 0. The van der Waals surface area contributed by atoms with E-state index in [1.165, 1.54) is 18.7 Å². The maximum absolute atomic E-state index is 12.3. The SMILES string of the molecule is COC(=O)C=CCN(CCc1ccccc1)Cc1ccc(C(=O)OC(C)(C)C)cc1N. The molecule has 0 bridgehead atoms. The third-order valence-electron chi connectivity index (χ3n) is 4.55. The number of nitrogen functional groups attached to an aromatic ring is 1. The highest BCUT2D eigenvalue weighted by Crippen LogP contribution is 2.19. The van der Waals surface area contributed by atoms with Crippen molar-refractivity contribution >= 4 is 17.6 Å². The number of carbonyl (C=O) groups excluding carboxylic acids is 2. The average Bonchev–Trinajstić information content (AvgIpc) is 2.72. The summed E-state index contributed by atoms with van der Waals surface area (Å²) in [4.78, 5) is 25.9. The van der Waals surface area contributed by atoms with Gasteiger partial charge in [-0.3, -0.25) is 4.90 Å². The van der Waals surface area contributed by atoms with Crippen LogP contribution in [0.4, 0.5) is 5.69 Å². The van der Waals surface area contributed by atoms with E-state index in [1.807, 2.05) is 45.0 Å². The van der Waals surface area contributed by atoms with Crippen molar-refractivity contribution in [3.8, 4) is 0 Å². The minimum Gasteiger partial charge on any atom is -0.466 e. The normalized spacial score (nSPS) is 11.6. The second-order valence-corrected chi connectivity index (χ2v) is 8.31. The lowest BCUT2D eigenvalue weighted by Gasteiger charge is -2.22. The van der Waals surface area contributed by atoms with Crippen molar-refractivity contribution in [3.05, 3.63) is 77.4 Å². The first-order valence-corrected chi connectivity index (χ1v) is 10.3. The lowest BCUT2D eigenvalue weighted by molar-refractivity contribution is -0.134. The molecule has 0 unspecified atom stereocenters. The van der Waals surface area contributed by atoms with Crippen LogP contribution in [0.2, 0.25) is 0 Å². The van der Waals surface area contributed by atoms with Gasteiger partial charge in [-0.1, -0.05) is 42.5 Å². The molecule has 2 aromatic rings. The van der Waals surface area contributed by atoms with E-state index in [0.717, 1.165) is 18.5 Å². The van der Waals surface area contributed by atoms with Gasteiger partial charge >= 0.3 is 11.9 Å². The second-order valence-electron chi connectivity index (χ2n) is 8.31. The number of methoxy groups -OCH3 is 1. The standard InChI is InChI=1S/C25H32N2O4/c1-25(2,3)31-24(29)20-12-13-21(22(26)17-20)18-27(15-8-11-23(28)30-4)16-14-19-9-6-5-7-10-19/h5-13,17H,14-16,18,26H2,1-4H3. The average molecular weight is 425 g/mol. The predicted molar refractivity (Wildman–Crippen MR) is 123 cm³/mol. The molecule has 31 heavy (non-hydrogen) atoms. The Hall–Kier alpha value is -3.12. The fraction of sp³-hybridized carbons (Fsp3) is 0.360. The van der Waals surface area contributed by atoms with Crippen molar-refractivity contribution in [2.45, 2.75) is 39.3 Å². The molecule has 0 aromatic heterocycles. The number of carbonyl (C=O) groups is 2. The van der Waals surface area contributed by atoms with Gasteiger partial charge in [-0.25, -0.2) is 9.59 Å². The van der Waals surface area contributed by atoms with Crippen LogP contribution in [0, 0.1) is 0 Å². The van der Waals surface area contributed by atoms with Gasteiger partial charge in [0.25, 0.3) is 0 Å². The molecule has 2 rings (SSSR count). The van der Waals surface area contributed by atoms with Gasteiger partial charge < -0.3 is 15.2 Å². The maximum atomic E-state index is 12.3. The summed E-state index contributed by atoms with van der Waals surface area (Å²) in [5.41, 5.74) is 8.79. The van der Waals surface area contributed by atoms with Crippen LogP contribution in [0.1, 0.15) is 42.3 Å². The fourth-order valence-electron chi connectivity index (χ4n) is 2.98. The summed E-state index contributed by atoms with van der Waals surface area (Å²) >= 11 is 0. The van der Waals surface area contributed by atoms with E-state index in [0.29, 0.717) is 24.3 Å². The molecule has 166 valence electrons. The molecule has 0 aliphatic heterocycles. The number of nitrogens with two attached hydrogens (primary N) is 1.